The maximum atomic E-state index is 9.86. The van der Waals surface area contributed by atoms with Crippen molar-refractivity contribution in [1.29, 1.82) is 0 Å². The molecule has 0 unspecified atom stereocenters. The van der Waals surface area contributed by atoms with E-state index in [9.17, 15) is 14.4 Å². The van der Waals surface area contributed by atoms with Gasteiger partial charge in [-0.2, -0.15) is 0 Å². The largest absolute Gasteiger partial charge is 1.00 e. The van der Waals surface area contributed by atoms with Gasteiger partial charge in [-0.15, -0.1) is 0 Å². The molecule has 0 aliphatic heterocycles. The van der Waals surface area contributed by atoms with Crippen LogP contribution in [0.3, 0.4) is 0 Å². The normalized spacial score (nSPS) is 6.67. The minimum atomic E-state index is -1.92. The Morgan fingerprint density at radius 1 is 0.917 bits per heavy atom. The SMILES string of the molecule is O=C(O)OC(=O)OC(=O)O.[H-].[H-].[K+].[K+]. The molecule has 7 nitrogen and oxygen atoms in total. The van der Waals surface area contributed by atoms with Gasteiger partial charge in [0.05, 0.1) is 0 Å². The maximum Gasteiger partial charge on any atom is 1.00 e. The van der Waals surface area contributed by atoms with Crippen molar-refractivity contribution in [2.45, 2.75) is 0 Å². The van der Waals surface area contributed by atoms with Crippen LogP contribution in [0.25, 0.3) is 0 Å². The number of carboxylic acid groups (broad SMARTS) is 2. The third-order valence-corrected chi connectivity index (χ3v) is 0.341. The van der Waals surface area contributed by atoms with Crippen molar-refractivity contribution in [1.82, 2.24) is 0 Å². The van der Waals surface area contributed by atoms with Crippen molar-refractivity contribution in [2.24, 2.45) is 0 Å². The summed E-state index contributed by atoms with van der Waals surface area (Å²) in [6.45, 7) is 0. The molecule has 12 heavy (non-hydrogen) atoms. The minimum Gasteiger partial charge on any atom is -1.00 e. The second-order valence-corrected chi connectivity index (χ2v) is 0.986. The number of hydrogen-bond donors (Lipinski definition) is 2. The van der Waals surface area contributed by atoms with Crippen LogP contribution in [-0.4, -0.2) is 28.7 Å². The zero-order valence-electron chi connectivity index (χ0n) is 8.44. The van der Waals surface area contributed by atoms with Gasteiger partial charge in [0.2, 0.25) is 0 Å². The average Bonchev–Trinajstić information content (AvgIpc) is 1.58. The molecule has 0 aromatic heterocycles. The molecule has 0 aliphatic carbocycles. The molecule has 0 aromatic carbocycles. The molecule has 9 heteroatoms. The van der Waals surface area contributed by atoms with Crippen LogP contribution in [0.1, 0.15) is 2.85 Å². The Morgan fingerprint density at radius 2 is 1.17 bits per heavy atom. The van der Waals surface area contributed by atoms with Crippen molar-refractivity contribution >= 4 is 18.5 Å². The number of carbonyl (C=O) groups is 3. The van der Waals surface area contributed by atoms with Crippen molar-refractivity contribution in [3.05, 3.63) is 0 Å². The Bertz CT molecular complexity index is 168. The molecule has 0 radical (unpaired) electrons. The van der Waals surface area contributed by atoms with Crippen LogP contribution < -0.4 is 103 Å². The molecular weight excluding hydrogens is 226 g/mol. The molecule has 60 valence electrons. The number of ether oxygens (including phenoxy) is 2. The first-order valence-electron chi connectivity index (χ1n) is 1.88. The Kier molecular flexibility index (Phi) is 16.8. The Labute approximate surface area is 155 Å². The Morgan fingerprint density at radius 3 is 1.33 bits per heavy atom. The number of hydrogen-bond acceptors (Lipinski definition) is 5. The molecule has 0 bridgehead atoms. The van der Waals surface area contributed by atoms with Crippen LogP contribution in [0.15, 0.2) is 0 Å². The van der Waals surface area contributed by atoms with Crippen molar-refractivity contribution in [3.63, 3.8) is 0 Å². The van der Waals surface area contributed by atoms with E-state index in [1.807, 2.05) is 0 Å². The van der Waals surface area contributed by atoms with E-state index < -0.39 is 18.5 Å². The summed E-state index contributed by atoms with van der Waals surface area (Å²) in [6, 6.07) is 0. The molecule has 0 saturated carbocycles. The van der Waals surface area contributed by atoms with Gasteiger partial charge in [0, 0.05) is 0 Å². The monoisotopic (exact) mass is 230 g/mol. The zero-order chi connectivity index (χ0) is 8.15. The molecule has 0 saturated heterocycles. The number of rotatable bonds is 0. The molecule has 0 atom stereocenters. The van der Waals surface area contributed by atoms with Crippen molar-refractivity contribution < 1.29 is 140 Å². The zero-order valence-corrected chi connectivity index (χ0v) is 12.7. The smallest absolute Gasteiger partial charge is 1.00 e. The molecule has 0 aromatic rings. The fraction of sp³-hybridized carbons (Fsp3) is 0. The van der Waals surface area contributed by atoms with E-state index in [4.69, 9.17) is 10.2 Å². The van der Waals surface area contributed by atoms with Gasteiger partial charge >= 0.3 is 121 Å². The maximum absolute atomic E-state index is 9.86. The van der Waals surface area contributed by atoms with E-state index in [2.05, 4.69) is 9.47 Å². The first-order valence-corrected chi connectivity index (χ1v) is 1.88. The first-order chi connectivity index (χ1) is 4.52. The first kappa shape index (κ1) is 19.1. The van der Waals surface area contributed by atoms with Crippen molar-refractivity contribution in [2.75, 3.05) is 0 Å². The van der Waals surface area contributed by atoms with E-state index in [0.717, 1.165) is 0 Å². The third-order valence-electron chi connectivity index (χ3n) is 0.341. The van der Waals surface area contributed by atoms with Gasteiger partial charge in [0.1, 0.15) is 0 Å². The van der Waals surface area contributed by atoms with E-state index in [-0.39, 0.29) is 106 Å². The molecule has 0 fully saturated rings. The average molecular weight is 230 g/mol. The standard InChI is InChI=1S/C3H2O7.2K.2H/c4-1(5)9-3(8)10-2(6)7;;;;/h(H,4,5)(H,6,7);;;;/q;2*+1;2*-1. The fourth-order valence-electron chi connectivity index (χ4n) is 0.163. The molecule has 0 spiro atoms. The molecule has 2 N–H and O–H groups in total. The van der Waals surface area contributed by atoms with Gasteiger partial charge in [-0.3, -0.25) is 0 Å². The second kappa shape index (κ2) is 10.6. The fourth-order valence-corrected chi connectivity index (χ4v) is 0.163. The molecule has 0 aliphatic rings. The molecule has 0 rings (SSSR count). The van der Waals surface area contributed by atoms with Gasteiger partial charge < -0.3 is 22.5 Å². The van der Waals surface area contributed by atoms with Gasteiger partial charge in [0.15, 0.2) is 0 Å². The summed E-state index contributed by atoms with van der Waals surface area (Å²) in [5.41, 5.74) is 0. The third kappa shape index (κ3) is 14.0. The topological polar surface area (TPSA) is 110 Å². The quantitative estimate of drug-likeness (QED) is 0.243. The van der Waals surface area contributed by atoms with E-state index in [1.165, 1.54) is 0 Å². The van der Waals surface area contributed by atoms with Crippen LogP contribution in [0.5, 0.6) is 0 Å². The van der Waals surface area contributed by atoms with E-state index >= 15 is 0 Å². The summed E-state index contributed by atoms with van der Waals surface area (Å²) in [4.78, 5) is 28.8. The summed E-state index contributed by atoms with van der Waals surface area (Å²) in [5.74, 6) is 0. The molecule has 0 heterocycles. The minimum absolute atomic E-state index is 0. The summed E-state index contributed by atoms with van der Waals surface area (Å²) >= 11 is 0. The van der Waals surface area contributed by atoms with Gasteiger partial charge in [-0.1, -0.05) is 0 Å². The van der Waals surface area contributed by atoms with E-state index in [1.54, 1.807) is 0 Å². The van der Waals surface area contributed by atoms with E-state index in [0.29, 0.717) is 0 Å². The van der Waals surface area contributed by atoms with Gasteiger partial charge in [-0.25, -0.2) is 14.4 Å². The summed E-state index contributed by atoms with van der Waals surface area (Å²) in [5, 5.41) is 15.4. The predicted octanol–water partition coefficient (Wildman–Crippen LogP) is -5.27. The molecule has 0 amide bonds. The van der Waals surface area contributed by atoms with Gasteiger partial charge in [0.25, 0.3) is 0 Å². The van der Waals surface area contributed by atoms with Crippen LogP contribution >= 0.6 is 0 Å². The number of carbonyl (C=O) groups excluding carboxylic acids is 1. The summed E-state index contributed by atoms with van der Waals surface area (Å²) in [6.07, 6.45) is -5.64. The van der Waals surface area contributed by atoms with Crippen LogP contribution in [0.4, 0.5) is 14.4 Å². The predicted molar refractivity (Wildman–Crippen MR) is 25.8 cm³/mol. The molecular formula is C3H4K2O7. The van der Waals surface area contributed by atoms with Gasteiger partial charge in [-0.05, 0) is 0 Å². The second-order valence-electron chi connectivity index (χ2n) is 0.986. The Balaban J connectivity index is -0.0000000675. The Hall–Kier alpha value is 1.48. The van der Waals surface area contributed by atoms with Crippen LogP contribution in [-0.2, 0) is 9.47 Å². The summed E-state index contributed by atoms with van der Waals surface area (Å²) in [7, 11) is 0. The summed E-state index contributed by atoms with van der Waals surface area (Å²) < 4.78 is 6.47. The van der Waals surface area contributed by atoms with Crippen molar-refractivity contribution in [3.8, 4) is 0 Å². The van der Waals surface area contributed by atoms with Crippen LogP contribution in [0, 0.1) is 0 Å². The van der Waals surface area contributed by atoms with Crippen LogP contribution in [0.2, 0.25) is 0 Å².